The van der Waals surface area contributed by atoms with E-state index >= 15 is 0 Å². The lowest BCUT2D eigenvalue weighted by molar-refractivity contribution is 0.103. The molecule has 0 saturated carbocycles. The zero-order valence-electron chi connectivity index (χ0n) is 17.9. The predicted molar refractivity (Wildman–Crippen MR) is 133 cm³/mol. The van der Waals surface area contributed by atoms with Crippen molar-refractivity contribution in [3.05, 3.63) is 144 Å². The summed E-state index contributed by atoms with van der Waals surface area (Å²) in [5, 5.41) is 0. The van der Waals surface area contributed by atoms with Gasteiger partial charge in [0, 0.05) is 11.1 Å². The van der Waals surface area contributed by atoms with Crippen LogP contribution in [0.2, 0.25) is 0 Å². The van der Waals surface area contributed by atoms with Crippen LogP contribution >= 0.6 is 0 Å². The molecule has 4 aromatic rings. The number of carbonyl (C=O) groups excluding carboxylic acids is 2. The van der Waals surface area contributed by atoms with Gasteiger partial charge in [0.05, 0.1) is 0 Å². The Morgan fingerprint density at radius 3 is 1.21 bits per heavy atom. The first-order valence-corrected chi connectivity index (χ1v) is 10.6. The Morgan fingerprint density at radius 2 is 0.848 bits per heavy atom. The molecule has 0 bridgehead atoms. The molecule has 0 atom stereocenters. The lowest BCUT2D eigenvalue weighted by Gasteiger charge is -2.07. The van der Waals surface area contributed by atoms with Gasteiger partial charge in [-0.15, -0.1) is 0 Å². The molecule has 160 valence electrons. The predicted octanol–water partition coefficient (Wildman–Crippen LogP) is 7.27. The first-order valence-electron chi connectivity index (χ1n) is 10.6. The number of rotatable bonds is 8. The van der Waals surface area contributed by atoms with Crippen LogP contribution in [0.15, 0.2) is 121 Å². The van der Waals surface area contributed by atoms with Crippen LogP contribution in [0.3, 0.4) is 0 Å². The molecule has 0 N–H and O–H groups in total. The van der Waals surface area contributed by atoms with Crippen LogP contribution in [0.25, 0.3) is 12.2 Å². The summed E-state index contributed by atoms with van der Waals surface area (Å²) in [4.78, 5) is 24.7. The van der Waals surface area contributed by atoms with Gasteiger partial charge in [-0.05, 0) is 71.8 Å². The lowest BCUT2D eigenvalue weighted by Crippen LogP contribution is -1.95. The highest BCUT2D eigenvalue weighted by Crippen LogP contribution is 2.23. The molecule has 3 heteroatoms. The number of hydrogen-bond acceptors (Lipinski definition) is 3. The second-order valence-corrected chi connectivity index (χ2v) is 7.37. The average molecular weight is 431 g/mol. The third-order valence-corrected chi connectivity index (χ3v) is 4.97. The zero-order chi connectivity index (χ0) is 22.9. The van der Waals surface area contributed by atoms with Gasteiger partial charge in [0.2, 0.25) is 0 Å². The maximum absolute atomic E-state index is 12.4. The second-order valence-electron chi connectivity index (χ2n) is 7.37. The molecule has 0 unspecified atom stereocenters. The molecule has 0 aliphatic heterocycles. The summed E-state index contributed by atoms with van der Waals surface area (Å²) in [5.74, 6) is 1.08. The van der Waals surface area contributed by atoms with Crippen molar-refractivity contribution in [3.63, 3.8) is 0 Å². The highest BCUT2D eigenvalue weighted by molar-refractivity contribution is 6.07. The fourth-order valence-corrected chi connectivity index (χ4v) is 3.18. The van der Waals surface area contributed by atoms with Gasteiger partial charge in [-0.3, -0.25) is 9.59 Å². The van der Waals surface area contributed by atoms with E-state index in [1.54, 1.807) is 72.8 Å². The molecule has 0 aliphatic carbocycles. The van der Waals surface area contributed by atoms with Gasteiger partial charge in [-0.25, -0.2) is 0 Å². The molecular weight excluding hydrogens is 408 g/mol. The summed E-state index contributed by atoms with van der Waals surface area (Å²) in [6.07, 6.45) is 6.72. The van der Waals surface area contributed by atoms with Crippen molar-refractivity contribution >= 4 is 23.7 Å². The maximum atomic E-state index is 12.4. The molecule has 4 rings (SSSR count). The summed E-state index contributed by atoms with van der Waals surface area (Å²) in [5.41, 5.74) is 3.12. The molecule has 33 heavy (non-hydrogen) atoms. The summed E-state index contributed by atoms with van der Waals surface area (Å²) in [7, 11) is 0. The van der Waals surface area contributed by atoms with Crippen molar-refractivity contribution in [1.29, 1.82) is 0 Å². The standard InChI is InChI=1S/C30H22O3/c31-29(21-11-23-7-3-1-4-8-23)25-13-17-27(18-14-25)33-28-19-15-26(16-20-28)30(32)22-12-24-9-5-2-6-10-24/h1-22H. The largest absolute Gasteiger partial charge is 0.457 e. The molecule has 0 fully saturated rings. The zero-order valence-corrected chi connectivity index (χ0v) is 17.9. The van der Waals surface area contributed by atoms with Crippen LogP contribution in [0.1, 0.15) is 31.8 Å². The van der Waals surface area contributed by atoms with Gasteiger partial charge >= 0.3 is 0 Å². The van der Waals surface area contributed by atoms with Crippen LogP contribution in [-0.2, 0) is 0 Å². The summed E-state index contributed by atoms with van der Waals surface area (Å²) in [6, 6.07) is 33.3. The normalized spacial score (nSPS) is 11.0. The maximum Gasteiger partial charge on any atom is 0.185 e. The molecule has 0 heterocycles. The van der Waals surface area contributed by atoms with E-state index in [0.717, 1.165) is 11.1 Å². The smallest absolute Gasteiger partial charge is 0.185 e. The van der Waals surface area contributed by atoms with E-state index in [4.69, 9.17) is 4.74 Å². The van der Waals surface area contributed by atoms with Crippen molar-refractivity contribution < 1.29 is 14.3 Å². The molecule has 0 amide bonds. The molecule has 0 aromatic heterocycles. The molecule has 0 aliphatic rings. The molecule has 0 radical (unpaired) electrons. The van der Waals surface area contributed by atoms with Crippen molar-refractivity contribution in [1.82, 2.24) is 0 Å². The lowest BCUT2D eigenvalue weighted by atomic mass is 10.1. The number of benzene rings is 4. The van der Waals surface area contributed by atoms with E-state index < -0.39 is 0 Å². The van der Waals surface area contributed by atoms with E-state index in [2.05, 4.69) is 0 Å². The van der Waals surface area contributed by atoms with Gasteiger partial charge in [0.1, 0.15) is 11.5 Å². The van der Waals surface area contributed by atoms with E-state index in [9.17, 15) is 9.59 Å². The first-order chi connectivity index (χ1) is 16.2. The van der Waals surface area contributed by atoms with Gasteiger partial charge in [0.25, 0.3) is 0 Å². The Balaban J connectivity index is 1.35. The van der Waals surface area contributed by atoms with E-state index in [1.807, 2.05) is 60.7 Å². The van der Waals surface area contributed by atoms with Crippen LogP contribution in [0.4, 0.5) is 0 Å². The second kappa shape index (κ2) is 10.7. The summed E-state index contributed by atoms with van der Waals surface area (Å²) >= 11 is 0. The topological polar surface area (TPSA) is 43.4 Å². The summed E-state index contributed by atoms with van der Waals surface area (Å²) in [6.45, 7) is 0. The molecule has 3 nitrogen and oxygen atoms in total. The number of allylic oxidation sites excluding steroid dienone is 2. The van der Waals surface area contributed by atoms with Gasteiger partial charge in [0.15, 0.2) is 11.6 Å². The third kappa shape index (κ3) is 6.25. The van der Waals surface area contributed by atoms with Gasteiger partial charge in [-0.2, -0.15) is 0 Å². The van der Waals surface area contributed by atoms with Crippen molar-refractivity contribution in [2.24, 2.45) is 0 Å². The Hall–Kier alpha value is -4.50. The van der Waals surface area contributed by atoms with Crippen molar-refractivity contribution in [2.45, 2.75) is 0 Å². The SMILES string of the molecule is O=C(C=Cc1ccccc1)c1ccc(Oc2ccc(C(=O)C=Cc3ccccc3)cc2)cc1. The van der Waals surface area contributed by atoms with E-state index in [-0.39, 0.29) is 11.6 Å². The third-order valence-electron chi connectivity index (χ3n) is 4.97. The fourth-order valence-electron chi connectivity index (χ4n) is 3.18. The first kappa shape index (κ1) is 21.7. The average Bonchev–Trinajstić information content (AvgIpc) is 2.88. The van der Waals surface area contributed by atoms with Crippen LogP contribution < -0.4 is 4.74 Å². The number of ketones is 2. The van der Waals surface area contributed by atoms with Crippen LogP contribution in [0.5, 0.6) is 11.5 Å². The minimum absolute atomic E-state index is 0.0724. The fraction of sp³-hybridized carbons (Fsp3) is 0. The van der Waals surface area contributed by atoms with E-state index in [0.29, 0.717) is 22.6 Å². The number of hydrogen-bond donors (Lipinski definition) is 0. The van der Waals surface area contributed by atoms with Crippen molar-refractivity contribution in [2.75, 3.05) is 0 Å². The van der Waals surface area contributed by atoms with Crippen LogP contribution in [0, 0.1) is 0 Å². The number of ether oxygens (including phenoxy) is 1. The van der Waals surface area contributed by atoms with Gasteiger partial charge in [-0.1, -0.05) is 72.8 Å². The Bertz CT molecular complexity index is 1170. The Morgan fingerprint density at radius 1 is 0.485 bits per heavy atom. The highest BCUT2D eigenvalue weighted by atomic mass is 16.5. The van der Waals surface area contributed by atoms with Gasteiger partial charge < -0.3 is 4.74 Å². The van der Waals surface area contributed by atoms with E-state index in [1.165, 1.54) is 0 Å². The van der Waals surface area contributed by atoms with Crippen molar-refractivity contribution in [3.8, 4) is 11.5 Å². The Kier molecular flexibility index (Phi) is 7.04. The van der Waals surface area contributed by atoms with Crippen LogP contribution in [-0.4, -0.2) is 11.6 Å². The quantitative estimate of drug-likeness (QED) is 0.218. The Labute approximate surface area is 193 Å². The summed E-state index contributed by atoms with van der Waals surface area (Å²) < 4.78 is 5.85. The molecule has 4 aromatic carbocycles. The monoisotopic (exact) mass is 430 g/mol. The molecular formula is C30H22O3. The molecule has 0 spiro atoms. The highest BCUT2D eigenvalue weighted by Gasteiger charge is 2.05. The minimum atomic E-state index is -0.0724. The molecule has 0 saturated heterocycles. The minimum Gasteiger partial charge on any atom is -0.457 e. The number of carbonyl (C=O) groups is 2.